The molecule has 7 heteroatoms. The molecule has 1 aliphatic heterocycles. The third-order valence-corrected chi connectivity index (χ3v) is 4.60. The van der Waals surface area contributed by atoms with Crippen LogP contribution in [0.25, 0.3) is 0 Å². The molecule has 0 bridgehead atoms. The van der Waals surface area contributed by atoms with Crippen LogP contribution in [0.4, 0.5) is 14.5 Å². The Morgan fingerprint density at radius 1 is 1.14 bits per heavy atom. The van der Waals surface area contributed by atoms with Crippen LogP contribution in [0.3, 0.4) is 0 Å². The lowest BCUT2D eigenvalue weighted by molar-refractivity contribution is 0.0975. The van der Waals surface area contributed by atoms with Gasteiger partial charge in [0.15, 0.2) is 0 Å². The number of amides is 1. The molecule has 1 fully saturated rings. The lowest BCUT2D eigenvalue weighted by Crippen LogP contribution is -2.36. The van der Waals surface area contributed by atoms with Gasteiger partial charge >= 0.3 is 0 Å². The van der Waals surface area contributed by atoms with E-state index in [-0.39, 0.29) is 23.7 Å². The van der Waals surface area contributed by atoms with Crippen LogP contribution in [0.2, 0.25) is 0 Å². The lowest BCUT2D eigenvalue weighted by atomic mass is 10.1. The Labute approximate surface area is 162 Å². The number of benzene rings is 2. The molecule has 28 heavy (non-hydrogen) atoms. The summed E-state index contributed by atoms with van der Waals surface area (Å²) in [7, 11) is 0. The molecular weight excluding hydrogens is 364 g/mol. The molecule has 0 aliphatic carbocycles. The van der Waals surface area contributed by atoms with E-state index in [1.807, 2.05) is 19.9 Å². The molecular formula is C21H23F2N3O2. The molecule has 0 unspecified atom stereocenters. The van der Waals surface area contributed by atoms with Gasteiger partial charge in [-0.1, -0.05) is 6.07 Å². The SMILES string of the molecule is Cc1ccc(C(=O)NC(=NC[C@H]2CCCO2)Nc2cc(F)cc(F)c2)cc1C. The fraction of sp³-hybridized carbons (Fsp3) is 0.333. The van der Waals surface area contributed by atoms with Crippen molar-refractivity contribution in [3.63, 3.8) is 0 Å². The zero-order chi connectivity index (χ0) is 20.1. The number of anilines is 1. The van der Waals surface area contributed by atoms with Crippen molar-refractivity contribution in [1.29, 1.82) is 0 Å². The van der Waals surface area contributed by atoms with E-state index in [4.69, 9.17) is 4.74 Å². The van der Waals surface area contributed by atoms with Gasteiger partial charge in [0.25, 0.3) is 5.91 Å². The first-order valence-electron chi connectivity index (χ1n) is 9.18. The summed E-state index contributed by atoms with van der Waals surface area (Å²) < 4.78 is 32.5. The van der Waals surface area contributed by atoms with Gasteiger partial charge in [0.1, 0.15) is 11.6 Å². The molecule has 2 aromatic carbocycles. The molecule has 5 nitrogen and oxygen atoms in total. The Morgan fingerprint density at radius 3 is 2.54 bits per heavy atom. The van der Waals surface area contributed by atoms with Gasteiger partial charge in [-0.15, -0.1) is 0 Å². The maximum Gasteiger partial charge on any atom is 0.257 e. The number of aryl methyl sites for hydroxylation is 2. The second-order valence-corrected chi connectivity index (χ2v) is 6.86. The number of nitrogens with one attached hydrogen (secondary N) is 2. The molecule has 2 N–H and O–H groups in total. The van der Waals surface area contributed by atoms with Crippen molar-refractivity contribution in [2.24, 2.45) is 4.99 Å². The fourth-order valence-electron chi connectivity index (χ4n) is 2.92. The van der Waals surface area contributed by atoms with E-state index >= 15 is 0 Å². The maximum absolute atomic E-state index is 13.5. The highest BCUT2D eigenvalue weighted by atomic mass is 19.1. The molecule has 148 valence electrons. The molecule has 3 rings (SSSR count). The number of nitrogens with zero attached hydrogens (tertiary/aromatic N) is 1. The summed E-state index contributed by atoms with van der Waals surface area (Å²) >= 11 is 0. The standard InChI is InChI=1S/C21H23F2N3O2/c1-13-5-6-15(8-14(13)2)20(27)26-21(24-12-19-4-3-7-28-19)25-18-10-16(22)9-17(23)11-18/h5-6,8-11,19H,3-4,7,12H2,1-2H3,(H2,24,25,26,27)/t19-/m1/s1. The Hall–Kier alpha value is -2.80. The minimum atomic E-state index is -0.721. The molecule has 1 atom stereocenters. The molecule has 2 aromatic rings. The summed E-state index contributed by atoms with van der Waals surface area (Å²) in [5.74, 6) is -1.69. The Bertz CT molecular complexity index is 873. The number of hydrogen-bond acceptors (Lipinski definition) is 3. The van der Waals surface area contributed by atoms with Crippen molar-refractivity contribution in [3.05, 3.63) is 64.7 Å². The first-order chi connectivity index (χ1) is 13.4. The van der Waals surface area contributed by atoms with Crippen LogP contribution in [-0.4, -0.2) is 31.1 Å². The van der Waals surface area contributed by atoms with Gasteiger partial charge in [0, 0.05) is 23.9 Å². The quantitative estimate of drug-likeness (QED) is 0.617. The normalized spacial score (nSPS) is 16.9. The summed E-state index contributed by atoms with van der Waals surface area (Å²) in [6, 6.07) is 8.41. The number of aliphatic imine (C=N–C) groups is 1. The van der Waals surface area contributed by atoms with E-state index in [1.165, 1.54) is 0 Å². The van der Waals surface area contributed by atoms with Crippen LogP contribution >= 0.6 is 0 Å². The Morgan fingerprint density at radius 2 is 1.89 bits per heavy atom. The third kappa shape index (κ3) is 5.36. The highest BCUT2D eigenvalue weighted by Gasteiger charge is 2.16. The number of guanidine groups is 1. The van der Waals surface area contributed by atoms with Gasteiger partial charge in [-0.2, -0.15) is 0 Å². The van der Waals surface area contributed by atoms with Gasteiger partial charge in [-0.05, 0) is 62.1 Å². The molecule has 1 amide bonds. The van der Waals surface area contributed by atoms with Crippen LogP contribution in [0.5, 0.6) is 0 Å². The number of rotatable bonds is 4. The van der Waals surface area contributed by atoms with Crippen LogP contribution < -0.4 is 10.6 Å². The van der Waals surface area contributed by atoms with E-state index in [9.17, 15) is 13.6 Å². The average molecular weight is 387 g/mol. The summed E-state index contributed by atoms with van der Waals surface area (Å²) in [6.45, 7) is 4.91. The lowest BCUT2D eigenvalue weighted by Gasteiger charge is -2.14. The first-order valence-corrected chi connectivity index (χ1v) is 9.18. The molecule has 0 radical (unpaired) electrons. The Kier molecular flexibility index (Phi) is 6.36. The van der Waals surface area contributed by atoms with Crippen molar-refractivity contribution >= 4 is 17.6 Å². The van der Waals surface area contributed by atoms with Crippen molar-refractivity contribution in [2.75, 3.05) is 18.5 Å². The van der Waals surface area contributed by atoms with E-state index in [1.54, 1.807) is 12.1 Å². The van der Waals surface area contributed by atoms with Gasteiger partial charge in [0.05, 0.1) is 12.6 Å². The second kappa shape index (κ2) is 8.93. The number of hydrogen-bond donors (Lipinski definition) is 2. The van der Waals surface area contributed by atoms with Crippen molar-refractivity contribution in [2.45, 2.75) is 32.8 Å². The van der Waals surface area contributed by atoms with Gasteiger partial charge < -0.3 is 10.1 Å². The van der Waals surface area contributed by atoms with Crippen LogP contribution in [0.15, 0.2) is 41.4 Å². The highest BCUT2D eigenvalue weighted by Crippen LogP contribution is 2.15. The van der Waals surface area contributed by atoms with E-state index < -0.39 is 11.6 Å². The van der Waals surface area contributed by atoms with Gasteiger partial charge in [-0.3, -0.25) is 10.1 Å². The maximum atomic E-state index is 13.5. The predicted octanol–water partition coefficient (Wildman–Crippen LogP) is 3.96. The predicted molar refractivity (Wildman–Crippen MR) is 105 cm³/mol. The molecule has 0 spiro atoms. The number of halogens is 2. The van der Waals surface area contributed by atoms with Gasteiger partial charge in [-0.25, -0.2) is 13.8 Å². The monoisotopic (exact) mass is 387 g/mol. The highest BCUT2D eigenvalue weighted by molar-refractivity contribution is 6.10. The molecule has 1 heterocycles. The van der Waals surface area contributed by atoms with E-state index in [2.05, 4.69) is 15.6 Å². The largest absolute Gasteiger partial charge is 0.376 e. The molecule has 1 aliphatic rings. The van der Waals surface area contributed by atoms with E-state index in [0.29, 0.717) is 18.7 Å². The summed E-state index contributed by atoms with van der Waals surface area (Å²) in [5.41, 5.74) is 2.70. The molecule has 0 saturated carbocycles. The zero-order valence-electron chi connectivity index (χ0n) is 15.9. The molecule has 0 aromatic heterocycles. The van der Waals surface area contributed by atoms with Crippen molar-refractivity contribution in [1.82, 2.24) is 5.32 Å². The average Bonchev–Trinajstić information content (AvgIpc) is 3.14. The Balaban J connectivity index is 1.79. The fourth-order valence-corrected chi connectivity index (χ4v) is 2.92. The second-order valence-electron chi connectivity index (χ2n) is 6.86. The third-order valence-electron chi connectivity index (χ3n) is 4.60. The van der Waals surface area contributed by atoms with Crippen LogP contribution in [0.1, 0.15) is 34.3 Å². The summed E-state index contributed by atoms with van der Waals surface area (Å²) in [4.78, 5) is 17.0. The van der Waals surface area contributed by atoms with E-state index in [0.717, 1.165) is 42.2 Å². The number of ether oxygens (including phenoxy) is 1. The smallest absolute Gasteiger partial charge is 0.257 e. The van der Waals surface area contributed by atoms with Crippen LogP contribution in [0, 0.1) is 25.5 Å². The number of carbonyl (C=O) groups is 1. The zero-order valence-corrected chi connectivity index (χ0v) is 15.9. The van der Waals surface area contributed by atoms with Gasteiger partial charge in [0.2, 0.25) is 5.96 Å². The van der Waals surface area contributed by atoms with Crippen LogP contribution in [-0.2, 0) is 4.74 Å². The minimum absolute atomic E-state index is 0.0282. The summed E-state index contributed by atoms with van der Waals surface area (Å²) in [6.07, 6.45) is 1.82. The van der Waals surface area contributed by atoms with Crippen molar-refractivity contribution < 1.29 is 18.3 Å². The first kappa shape index (κ1) is 19.9. The topological polar surface area (TPSA) is 62.7 Å². The summed E-state index contributed by atoms with van der Waals surface area (Å²) in [5, 5.41) is 5.48. The minimum Gasteiger partial charge on any atom is -0.376 e. The molecule has 1 saturated heterocycles. The van der Waals surface area contributed by atoms with Crippen molar-refractivity contribution in [3.8, 4) is 0 Å². The number of carbonyl (C=O) groups excluding carboxylic acids is 1.